The van der Waals surface area contributed by atoms with Gasteiger partial charge >= 0.3 is 6.03 Å². The van der Waals surface area contributed by atoms with Gasteiger partial charge in [-0.2, -0.15) is 5.10 Å². The molecule has 0 saturated carbocycles. The number of hydrogen-bond donors (Lipinski definition) is 2. The molecule has 0 unspecified atom stereocenters. The molecule has 2 amide bonds. The zero-order chi connectivity index (χ0) is 20.7. The molecule has 0 radical (unpaired) electrons. The van der Waals surface area contributed by atoms with Gasteiger partial charge in [-0.1, -0.05) is 6.92 Å². The van der Waals surface area contributed by atoms with Gasteiger partial charge < -0.3 is 15.3 Å². The Kier molecular flexibility index (Phi) is 4.59. The van der Waals surface area contributed by atoms with Gasteiger partial charge in [-0.15, -0.1) is 0 Å². The van der Waals surface area contributed by atoms with Crippen molar-refractivity contribution < 1.29 is 9.90 Å². The summed E-state index contributed by atoms with van der Waals surface area (Å²) < 4.78 is 1.89. The quantitative estimate of drug-likeness (QED) is 0.692. The van der Waals surface area contributed by atoms with Crippen molar-refractivity contribution in [2.75, 3.05) is 21.7 Å². The smallest absolute Gasteiger partial charge is 0.328 e. The van der Waals surface area contributed by atoms with Gasteiger partial charge in [-0.05, 0) is 37.1 Å². The second kappa shape index (κ2) is 7.42. The van der Waals surface area contributed by atoms with Crippen LogP contribution in [-0.4, -0.2) is 49.7 Å². The number of amides is 2. The first-order valence-electron chi connectivity index (χ1n) is 10.1. The molecule has 9 heteroatoms. The summed E-state index contributed by atoms with van der Waals surface area (Å²) in [7, 11) is 0. The molecule has 2 atom stereocenters. The molecular weight excluding hydrogens is 382 g/mol. The molecule has 0 aromatic carbocycles. The molecule has 0 aliphatic carbocycles. The van der Waals surface area contributed by atoms with E-state index in [0.29, 0.717) is 24.5 Å². The van der Waals surface area contributed by atoms with Gasteiger partial charge in [0.25, 0.3) is 0 Å². The van der Waals surface area contributed by atoms with Crippen LogP contribution in [0.2, 0.25) is 0 Å². The lowest BCUT2D eigenvalue weighted by Gasteiger charge is -2.39. The van der Waals surface area contributed by atoms with Crippen LogP contribution in [0.1, 0.15) is 19.8 Å². The molecule has 3 aromatic heterocycles. The van der Waals surface area contributed by atoms with Crippen molar-refractivity contribution >= 4 is 23.2 Å². The Bertz CT molecular complexity index is 1070. The largest absolute Gasteiger partial charge is 0.371 e. The second-order valence-corrected chi connectivity index (χ2v) is 7.54. The second-order valence-electron chi connectivity index (χ2n) is 7.54. The van der Waals surface area contributed by atoms with Crippen LogP contribution in [0.3, 0.4) is 0 Å². The van der Waals surface area contributed by atoms with Crippen molar-refractivity contribution in [1.82, 2.24) is 19.7 Å². The van der Waals surface area contributed by atoms with Crippen LogP contribution in [-0.2, 0) is 6.54 Å². The first-order valence-corrected chi connectivity index (χ1v) is 10.1. The van der Waals surface area contributed by atoms with E-state index in [0.717, 1.165) is 29.9 Å². The Morgan fingerprint density at radius 2 is 2.20 bits per heavy atom. The molecule has 3 aromatic rings. The third kappa shape index (κ3) is 3.07. The van der Waals surface area contributed by atoms with E-state index in [9.17, 15) is 9.90 Å². The molecule has 154 valence electrons. The van der Waals surface area contributed by atoms with Gasteiger partial charge in [0.15, 0.2) is 5.82 Å². The normalized spacial score (nSPS) is 19.7. The zero-order valence-electron chi connectivity index (χ0n) is 16.6. The van der Waals surface area contributed by atoms with Crippen LogP contribution in [0.4, 0.5) is 22.0 Å². The molecule has 9 nitrogen and oxygen atoms in total. The Morgan fingerprint density at radius 3 is 3.00 bits per heavy atom. The summed E-state index contributed by atoms with van der Waals surface area (Å²) >= 11 is 0. The average molecular weight is 405 g/mol. The van der Waals surface area contributed by atoms with E-state index in [1.807, 2.05) is 27.9 Å². The number of aliphatic hydroxyl groups is 1. The monoisotopic (exact) mass is 405 g/mol. The number of aliphatic hydroxyl groups excluding tert-OH is 1. The molecule has 30 heavy (non-hydrogen) atoms. The Labute approximate surface area is 174 Å². The van der Waals surface area contributed by atoms with E-state index >= 15 is 0 Å². The summed E-state index contributed by atoms with van der Waals surface area (Å²) in [6.07, 6.45) is 7.90. The fourth-order valence-corrected chi connectivity index (χ4v) is 4.16. The Morgan fingerprint density at radius 1 is 1.30 bits per heavy atom. The number of fused-ring (bicyclic) bond motifs is 4. The minimum Gasteiger partial charge on any atom is -0.371 e. The maximum atomic E-state index is 13.2. The summed E-state index contributed by atoms with van der Waals surface area (Å²) in [5.74, 6) is 0.546. The van der Waals surface area contributed by atoms with Crippen LogP contribution in [0.15, 0.2) is 49.1 Å². The number of hydrogen-bond acceptors (Lipinski definition) is 6. The third-order valence-electron chi connectivity index (χ3n) is 5.57. The Hall–Kier alpha value is -3.46. The van der Waals surface area contributed by atoms with Crippen molar-refractivity contribution in [1.29, 1.82) is 0 Å². The zero-order valence-corrected chi connectivity index (χ0v) is 16.6. The van der Waals surface area contributed by atoms with Crippen molar-refractivity contribution in [2.45, 2.75) is 38.6 Å². The van der Waals surface area contributed by atoms with Gasteiger partial charge in [0.05, 0.1) is 35.5 Å². The molecule has 5 rings (SSSR count). The number of carbonyl (C=O) groups excluding carboxylic acids is 1. The molecule has 1 fully saturated rings. The fraction of sp³-hybridized carbons (Fsp3) is 0.333. The number of nitrogens with one attached hydrogen (secondary N) is 1. The number of rotatable bonds is 4. The summed E-state index contributed by atoms with van der Waals surface area (Å²) in [6.45, 7) is 3.62. The molecule has 2 aliphatic heterocycles. The number of aromatic nitrogens is 4. The van der Waals surface area contributed by atoms with E-state index in [-0.39, 0.29) is 12.1 Å². The van der Waals surface area contributed by atoms with Crippen molar-refractivity contribution in [3.63, 3.8) is 0 Å². The minimum absolute atomic E-state index is 0.332. The molecule has 5 heterocycles. The van der Waals surface area contributed by atoms with E-state index in [2.05, 4.69) is 22.3 Å². The highest BCUT2D eigenvalue weighted by Crippen LogP contribution is 2.42. The van der Waals surface area contributed by atoms with Crippen molar-refractivity contribution in [3.8, 4) is 11.3 Å². The number of nitrogens with zero attached hydrogens (tertiary/aromatic N) is 6. The predicted octanol–water partition coefficient (Wildman–Crippen LogP) is 2.70. The molecule has 2 aliphatic rings. The lowest BCUT2D eigenvalue weighted by atomic mass is 10.1. The maximum Gasteiger partial charge on any atom is 0.328 e. The first-order chi connectivity index (χ1) is 14.7. The highest BCUT2D eigenvalue weighted by molar-refractivity contribution is 6.04. The number of anilines is 3. The van der Waals surface area contributed by atoms with Crippen LogP contribution in [0.5, 0.6) is 0 Å². The molecule has 0 spiro atoms. The number of carbonyl (C=O) groups is 1. The molecular formula is C21H23N7O2. The highest BCUT2D eigenvalue weighted by Gasteiger charge is 2.46. The highest BCUT2D eigenvalue weighted by atomic mass is 16.3. The molecule has 1 saturated heterocycles. The molecule has 2 N–H and O–H groups in total. The number of aryl methyl sites for hydroxylation is 1. The maximum absolute atomic E-state index is 13.2. The first kappa shape index (κ1) is 18.6. The van der Waals surface area contributed by atoms with Gasteiger partial charge in [-0.25, -0.2) is 9.78 Å². The van der Waals surface area contributed by atoms with E-state index in [4.69, 9.17) is 4.98 Å². The summed E-state index contributed by atoms with van der Waals surface area (Å²) in [6, 6.07) is 6.68. The van der Waals surface area contributed by atoms with E-state index in [1.165, 1.54) is 0 Å². The lowest BCUT2D eigenvalue weighted by Crippen LogP contribution is -2.54. The topological polar surface area (TPSA) is 99.4 Å². The summed E-state index contributed by atoms with van der Waals surface area (Å²) in [5, 5.41) is 18.0. The van der Waals surface area contributed by atoms with Crippen LogP contribution in [0.25, 0.3) is 11.3 Å². The van der Waals surface area contributed by atoms with Crippen molar-refractivity contribution in [3.05, 3.63) is 49.1 Å². The van der Waals surface area contributed by atoms with Crippen LogP contribution in [0, 0.1) is 0 Å². The predicted molar refractivity (Wildman–Crippen MR) is 113 cm³/mol. The van der Waals surface area contributed by atoms with Gasteiger partial charge in [0.2, 0.25) is 0 Å². The van der Waals surface area contributed by atoms with E-state index in [1.54, 1.807) is 35.6 Å². The van der Waals surface area contributed by atoms with Crippen molar-refractivity contribution in [2.24, 2.45) is 0 Å². The van der Waals surface area contributed by atoms with Crippen LogP contribution < -0.4 is 15.1 Å². The Balaban J connectivity index is 1.53. The SMILES string of the molecule is CCCn1cc(-c2ccc3c(n2)N(C(=O)Nc2cccnc2)[C@H]2CCN3[C@H]2O)cn1. The summed E-state index contributed by atoms with van der Waals surface area (Å²) in [5.41, 5.74) is 2.98. The standard InChI is InChI=1S/C21H23N7O2/c1-2-9-26-13-14(11-23-26)16-5-6-17-19(25-16)28(18-7-10-27(17)20(18)29)21(30)24-15-4-3-8-22-12-15/h3-6,8,11-13,18,20,29H,2,7,9-10H2,1H3,(H,24,30)/t18-,20-/m0/s1. The third-order valence-corrected chi connectivity index (χ3v) is 5.57. The van der Waals surface area contributed by atoms with Gasteiger partial charge in [0, 0.05) is 31.0 Å². The fourth-order valence-electron chi connectivity index (χ4n) is 4.16. The summed E-state index contributed by atoms with van der Waals surface area (Å²) in [4.78, 5) is 25.6. The van der Waals surface area contributed by atoms with Gasteiger partial charge in [-0.3, -0.25) is 14.6 Å². The van der Waals surface area contributed by atoms with Crippen LogP contribution >= 0.6 is 0 Å². The number of pyridine rings is 2. The molecule has 2 bridgehead atoms. The average Bonchev–Trinajstić information content (AvgIpc) is 3.32. The van der Waals surface area contributed by atoms with E-state index < -0.39 is 6.23 Å². The van der Waals surface area contributed by atoms with Gasteiger partial charge in [0.1, 0.15) is 6.23 Å². The number of urea groups is 1. The minimum atomic E-state index is -0.753. The lowest BCUT2D eigenvalue weighted by molar-refractivity contribution is 0.159.